The smallest absolute Gasteiger partial charge is 0.291 e. The minimum atomic E-state index is -0.299. The number of amides is 1. The van der Waals surface area contributed by atoms with Crippen LogP contribution in [-0.2, 0) is 9.47 Å². The molecule has 8 nitrogen and oxygen atoms in total. The number of benzene rings is 1. The molecule has 1 amide bonds. The molecule has 8 heteroatoms. The molecular formula is C17H23N3O5. The summed E-state index contributed by atoms with van der Waals surface area (Å²) in [4.78, 5) is 19.0. The van der Waals surface area contributed by atoms with Crippen molar-refractivity contribution in [3.63, 3.8) is 0 Å². The Morgan fingerprint density at radius 3 is 2.88 bits per heavy atom. The van der Waals surface area contributed by atoms with E-state index in [0.717, 1.165) is 39.3 Å². The Labute approximate surface area is 146 Å². The van der Waals surface area contributed by atoms with Crippen LogP contribution in [0.2, 0.25) is 0 Å². The lowest BCUT2D eigenvalue weighted by Gasteiger charge is -2.26. The first kappa shape index (κ1) is 17.5. The molecule has 1 fully saturated rings. The molecule has 0 radical (unpaired) electrons. The second-order valence-corrected chi connectivity index (χ2v) is 5.72. The second-order valence-electron chi connectivity index (χ2n) is 5.72. The van der Waals surface area contributed by atoms with Gasteiger partial charge in [-0.25, -0.2) is 4.99 Å². The Hall–Kier alpha value is -2.32. The second kappa shape index (κ2) is 8.68. The molecular weight excluding hydrogens is 326 g/mol. The Kier molecular flexibility index (Phi) is 6.08. The van der Waals surface area contributed by atoms with Gasteiger partial charge in [0.05, 0.1) is 20.3 Å². The van der Waals surface area contributed by atoms with Gasteiger partial charge in [-0.2, -0.15) is 0 Å². The Balaban J connectivity index is 1.48. The van der Waals surface area contributed by atoms with Crippen molar-refractivity contribution in [3.05, 3.63) is 23.8 Å². The van der Waals surface area contributed by atoms with E-state index in [0.29, 0.717) is 23.6 Å². The Morgan fingerprint density at radius 2 is 2.08 bits per heavy atom. The van der Waals surface area contributed by atoms with Gasteiger partial charge < -0.3 is 18.9 Å². The van der Waals surface area contributed by atoms with Crippen LogP contribution in [0.25, 0.3) is 0 Å². The Morgan fingerprint density at radius 1 is 1.28 bits per heavy atom. The molecule has 0 unspecified atom stereocenters. The van der Waals surface area contributed by atoms with Crippen molar-refractivity contribution in [2.24, 2.45) is 4.99 Å². The maximum Gasteiger partial charge on any atom is 0.291 e. The highest BCUT2D eigenvalue weighted by atomic mass is 16.7. The van der Waals surface area contributed by atoms with Crippen molar-refractivity contribution in [3.8, 4) is 11.5 Å². The van der Waals surface area contributed by atoms with Gasteiger partial charge in [-0.1, -0.05) is 0 Å². The molecule has 1 aromatic carbocycles. The summed E-state index contributed by atoms with van der Waals surface area (Å²) in [5, 5.41) is 2.67. The number of amidine groups is 1. The van der Waals surface area contributed by atoms with E-state index in [1.54, 1.807) is 18.2 Å². The van der Waals surface area contributed by atoms with E-state index >= 15 is 0 Å². The van der Waals surface area contributed by atoms with Gasteiger partial charge >= 0.3 is 0 Å². The fraction of sp³-hybridized carbons (Fsp3) is 0.529. The van der Waals surface area contributed by atoms with E-state index in [2.05, 4.69) is 15.2 Å². The van der Waals surface area contributed by atoms with Crippen LogP contribution in [0.1, 0.15) is 16.8 Å². The lowest BCUT2D eigenvalue weighted by molar-refractivity contribution is 0.0377. The molecule has 0 spiro atoms. The molecule has 3 rings (SSSR count). The summed E-state index contributed by atoms with van der Waals surface area (Å²) in [6, 6.07) is 5.24. The third-order valence-electron chi connectivity index (χ3n) is 4.04. The number of morpholine rings is 1. The quantitative estimate of drug-likeness (QED) is 0.483. The van der Waals surface area contributed by atoms with E-state index in [-0.39, 0.29) is 18.7 Å². The minimum Gasteiger partial charge on any atom is -0.468 e. The normalized spacial score (nSPS) is 17.4. The van der Waals surface area contributed by atoms with Crippen molar-refractivity contribution in [2.45, 2.75) is 6.42 Å². The van der Waals surface area contributed by atoms with Gasteiger partial charge in [-0.05, 0) is 24.6 Å². The first-order valence-electron chi connectivity index (χ1n) is 8.36. The van der Waals surface area contributed by atoms with Crippen LogP contribution in [0.5, 0.6) is 11.5 Å². The molecule has 0 aliphatic carbocycles. The summed E-state index contributed by atoms with van der Waals surface area (Å²) in [6.45, 7) is 5.22. The molecule has 1 saturated heterocycles. The number of carbonyl (C=O) groups excluding carboxylic acids is 1. The predicted molar refractivity (Wildman–Crippen MR) is 91.2 cm³/mol. The zero-order chi connectivity index (χ0) is 17.5. The molecule has 25 heavy (non-hydrogen) atoms. The number of rotatable bonds is 5. The number of hydrogen-bond donors (Lipinski definition) is 1. The predicted octanol–water partition coefficient (Wildman–Crippen LogP) is 0.870. The van der Waals surface area contributed by atoms with E-state index in [1.165, 1.54) is 7.11 Å². The molecule has 0 atom stereocenters. The monoisotopic (exact) mass is 349 g/mol. The van der Waals surface area contributed by atoms with Crippen LogP contribution >= 0.6 is 0 Å². The van der Waals surface area contributed by atoms with E-state index in [1.807, 2.05) is 0 Å². The zero-order valence-electron chi connectivity index (χ0n) is 14.3. The van der Waals surface area contributed by atoms with Crippen LogP contribution in [0.3, 0.4) is 0 Å². The number of methoxy groups -OCH3 is 1. The lowest BCUT2D eigenvalue weighted by Crippen LogP contribution is -2.37. The number of hydrogen-bond acceptors (Lipinski definition) is 7. The Bertz CT molecular complexity index is 629. The van der Waals surface area contributed by atoms with Crippen LogP contribution in [0, 0.1) is 0 Å². The highest BCUT2D eigenvalue weighted by molar-refractivity contribution is 6.04. The molecule has 1 N–H and O–H groups in total. The molecule has 2 aliphatic rings. The van der Waals surface area contributed by atoms with E-state index < -0.39 is 0 Å². The highest BCUT2D eigenvalue weighted by Crippen LogP contribution is 2.32. The minimum absolute atomic E-state index is 0.175. The number of nitrogens with one attached hydrogen (secondary N) is 1. The highest BCUT2D eigenvalue weighted by Gasteiger charge is 2.17. The van der Waals surface area contributed by atoms with Gasteiger partial charge in [-0.15, -0.1) is 0 Å². The number of carbonyl (C=O) groups is 1. The largest absolute Gasteiger partial charge is 0.468 e. The van der Waals surface area contributed by atoms with Gasteiger partial charge in [-0.3, -0.25) is 15.0 Å². The molecule has 0 bridgehead atoms. The van der Waals surface area contributed by atoms with Gasteiger partial charge in [0.25, 0.3) is 11.9 Å². The van der Waals surface area contributed by atoms with Crippen molar-refractivity contribution >= 4 is 11.9 Å². The summed E-state index contributed by atoms with van der Waals surface area (Å²) in [5.41, 5.74) is 0.460. The first-order valence-corrected chi connectivity index (χ1v) is 8.36. The molecule has 136 valence electrons. The van der Waals surface area contributed by atoms with Gasteiger partial charge in [0.15, 0.2) is 11.5 Å². The fourth-order valence-corrected chi connectivity index (χ4v) is 2.66. The summed E-state index contributed by atoms with van der Waals surface area (Å²) >= 11 is 0. The summed E-state index contributed by atoms with van der Waals surface area (Å²) in [7, 11) is 1.49. The molecule has 0 saturated carbocycles. The third-order valence-corrected chi connectivity index (χ3v) is 4.04. The van der Waals surface area contributed by atoms with E-state index in [4.69, 9.17) is 18.9 Å². The summed E-state index contributed by atoms with van der Waals surface area (Å²) < 4.78 is 21.0. The van der Waals surface area contributed by atoms with Gasteiger partial charge in [0.1, 0.15) is 0 Å². The van der Waals surface area contributed by atoms with Crippen molar-refractivity contribution in [2.75, 3.05) is 53.3 Å². The maximum atomic E-state index is 12.3. The number of aliphatic imine (C=N–C) groups is 1. The van der Waals surface area contributed by atoms with Crippen LogP contribution < -0.4 is 14.8 Å². The standard InChI is InChI=1S/C17H23N3O5/c1-22-17(18-5-2-6-20-7-9-23-10-8-20)19-16(21)13-3-4-14-15(11-13)25-12-24-14/h3-4,11H,2,5-10,12H2,1H3,(H,18,19,21). The topological polar surface area (TPSA) is 81.6 Å². The zero-order valence-corrected chi connectivity index (χ0v) is 14.3. The summed E-state index contributed by atoms with van der Waals surface area (Å²) in [5.74, 6) is 0.904. The number of fused-ring (bicyclic) bond motifs is 1. The molecule has 1 aromatic rings. The van der Waals surface area contributed by atoms with Crippen molar-refractivity contribution in [1.82, 2.24) is 10.2 Å². The van der Waals surface area contributed by atoms with Gasteiger partial charge in [0.2, 0.25) is 6.79 Å². The number of ether oxygens (including phenoxy) is 4. The van der Waals surface area contributed by atoms with E-state index in [9.17, 15) is 4.79 Å². The van der Waals surface area contributed by atoms with Crippen molar-refractivity contribution in [1.29, 1.82) is 0 Å². The lowest BCUT2D eigenvalue weighted by atomic mass is 10.2. The average molecular weight is 349 g/mol. The SMILES string of the molecule is COC(=NCCCN1CCOCC1)NC(=O)c1ccc2c(c1)OCO2. The fourth-order valence-electron chi connectivity index (χ4n) is 2.66. The third kappa shape index (κ3) is 4.83. The average Bonchev–Trinajstić information content (AvgIpc) is 3.12. The van der Waals surface area contributed by atoms with Crippen LogP contribution in [0.15, 0.2) is 23.2 Å². The molecule has 0 aromatic heterocycles. The maximum absolute atomic E-state index is 12.3. The molecule has 2 heterocycles. The first-order chi connectivity index (χ1) is 12.3. The van der Waals surface area contributed by atoms with Gasteiger partial charge in [0, 0.05) is 31.7 Å². The molecule has 2 aliphatic heterocycles. The van der Waals surface area contributed by atoms with Crippen LogP contribution in [0.4, 0.5) is 0 Å². The van der Waals surface area contributed by atoms with Crippen molar-refractivity contribution < 1.29 is 23.7 Å². The number of nitrogens with zero attached hydrogens (tertiary/aromatic N) is 2. The van der Waals surface area contributed by atoms with Crippen LogP contribution in [-0.4, -0.2) is 70.1 Å². The summed E-state index contributed by atoms with van der Waals surface area (Å²) in [6.07, 6.45) is 0.896.